The molecule has 0 fully saturated rings. The molecule has 0 unspecified atom stereocenters. The SMILES string of the molecule is COc1ccc(C(=O)C(=O)NCc2cccc(S(N)(=O)=O)c2)cc1. The van der Waals surface area contributed by atoms with Crippen LogP contribution < -0.4 is 15.2 Å². The van der Waals surface area contributed by atoms with Crippen LogP contribution in [0.1, 0.15) is 15.9 Å². The van der Waals surface area contributed by atoms with E-state index >= 15 is 0 Å². The molecule has 2 aromatic carbocycles. The van der Waals surface area contributed by atoms with Gasteiger partial charge in [-0.3, -0.25) is 9.59 Å². The minimum Gasteiger partial charge on any atom is -0.497 e. The molecule has 1 amide bonds. The van der Waals surface area contributed by atoms with E-state index in [-0.39, 0.29) is 17.0 Å². The number of carbonyl (C=O) groups excluding carboxylic acids is 2. The number of primary sulfonamides is 1. The van der Waals surface area contributed by atoms with Crippen LogP contribution in [0, 0.1) is 0 Å². The lowest BCUT2D eigenvalue weighted by Crippen LogP contribution is -2.30. The summed E-state index contributed by atoms with van der Waals surface area (Å²) in [5.74, 6) is -0.909. The average molecular weight is 348 g/mol. The molecule has 2 rings (SSSR count). The van der Waals surface area contributed by atoms with Gasteiger partial charge in [-0.05, 0) is 42.0 Å². The van der Waals surface area contributed by atoms with E-state index in [1.54, 1.807) is 18.2 Å². The predicted molar refractivity (Wildman–Crippen MR) is 87.0 cm³/mol. The van der Waals surface area contributed by atoms with E-state index in [1.165, 1.54) is 37.4 Å². The largest absolute Gasteiger partial charge is 0.497 e. The van der Waals surface area contributed by atoms with E-state index in [0.29, 0.717) is 11.3 Å². The molecule has 0 saturated carbocycles. The summed E-state index contributed by atoms with van der Waals surface area (Å²) in [5, 5.41) is 7.50. The Morgan fingerprint density at radius 3 is 2.38 bits per heavy atom. The van der Waals surface area contributed by atoms with Crippen molar-refractivity contribution in [2.75, 3.05) is 7.11 Å². The van der Waals surface area contributed by atoms with Crippen LogP contribution >= 0.6 is 0 Å². The highest BCUT2D eigenvalue weighted by Crippen LogP contribution is 2.12. The maximum absolute atomic E-state index is 12.0. The molecule has 0 radical (unpaired) electrons. The highest BCUT2D eigenvalue weighted by Gasteiger charge is 2.16. The van der Waals surface area contributed by atoms with Crippen molar-refractivity contribution < 1.29 is 22.7 Å². The fourth-order valence-electron chi connectivity index (χ4n) is 1.97. The molecule has 126 valence electrons. The van der Waals surface area contributed by atoms with E-state index in [2.05, 4.69) is 5.32 Å². The lowest BCUT2D eigenvalue weighted by Gasteiger charge is -2.07. The zero-order valence-corrected chi connectivity index (χ0v) is 13.7. The molecule has 3 N–H and O–H groups in total. The lowest BCUT2D eigenvalue weighted by molar-refractivity contribution is -0.117. The first-order valence-electron chi connectivity index (χ1n) is 6.89. The van der Waals surface area contributed by atoms with Crippen LogP contribution in [-0.2, 0) is 21.4 Å². The number of hydrogen-bond donors (Lipinski definition) is 2. The molecule has 0 heterocycles. The molecule has 7 nitrogen and oxygen atoms in total. The summed E-state index contributed by atoms with van der Waals surface area (Å²) in [5.41, 5.74) is 0.740. The molecule has 0 aromatic heterocycles. The van der Waals surface area contributed by atoms with E-state index in [9.17, 15) is 18.0 Å². The van der Waals surface area contributed by atoms with E-state index < -0.39 is 21.7 Å². The zero-order valence-electron chi connectivity index (χ0n) is 12.9. The molecule has 0 aliphatic carbocycles. The summed E-state index contributed by atoms with van der Waals surface area (Å²) in [6.07, 6.45) is 0. The number of amides is 1. The van der Waals surface area contributed by atoms with Gasteiger partial charge in [-0.25, -0.2) is 13.6 Å². The van der Waals surface area contributed by atoms with Gasteiger partial charge in [0.2, 0.25) is 15.8 Å². The number of rotatable bonds is 6. The van der Waals surface area contributed by atoms with Gasteiger partial charge in [0.25, 0.3) is 5.91 Å². The van der Waals surface area contributed by atoms with Crippen LogP contribution in [0.2, 0.25) is 0 Å². The van der Waals surface area contributed by atoms with Crippen molar-refractivity contribution in [1.29, 1.82) is 0 Å². The van der Waals surface area contributed by atoms with Crippen LogP contribution in [0.5, 0.6) is 5.75 Å². The summed E-state index contributed by atoms with van der Waals surface area (Å²) in [4.78, 5) is 23.9. The number of nitrogens with two attached hydrogens (primary N) is 1. The van der Waals surface area contributed by atoms with Crippen LogP contribution in [0.3, 0.4) is 0 Å². The van der Waals surface area contributed by atoms with E-state index in [4.69, 9.17) is 9.88 Å². The maximum atomic E-state index is 12.0. The van der Waals surface area contributed by atoms with Crippen molar-refractivity contribution in [3.8, 4) is 5.75 Å². The van der Waals surface area contributed by atoms with Crippen LogP contribution in [-0.4, -0.2) is 27.2 Å². The minimum atomic E-state index is -3.82. The van der Waals surface area contributed by atoms with Crippen molar-refractivity contribution in [3.05, 3.63) is 59.7 Å². The van der Waals surface area contributed by atoms with Gasteiger partial charge >= 0.3 is 0 Å². The maximum Gasteiger partial charge on any atom is 0.292 e. The Morgan fingerprint density at radius 2 is 1.79 bits per heavy atom. The van der Waals surface area contributed by atoms with Crippen molar-refractivity contribution in [3.63, 3.8) is 0 Å². The van der Waals surface area contributed by atoms with E-state index in [0.717, 1.165) is 0 Å². The van der Waals surface area contributed by atoms with Gasteiger partial charge in [-0.1, -0.05) is 12.1 Å². The third-order valence-electron chi connectivity index (χ3n) is 3.24. The number of sulfonamides is 1. The molecule has 0 spiro atoms. The second-order valence-electron chi connectivity index (χ2n) is 4.93. The Labute approximate surface area is 139 Å². The molecule has 0 bridgehead atoms. The molecule has 24 heavy (non-hydrogen) atoms. The second-order valence-corrected chi connectivity index (χ2v) is 6.49. The quantitative estimate of drug-likeness (QED) is 0.593. The summed E-state index contributed by atoms with van der Waals surface area (Å²) in [6, 6.07) is 12.0. The normalized spacial score (nSPS) is 10.9. The molecule has 8 heteroatoms. The Kier molecular flexibility index (Phi) is 5.32. The smallest absolute Gasteiger partial charge is 0.292 e. The molecule has 0 atom stereocenters. The zero-order chi connectivity index (χ0) is 17.7. The number of hydrogen-bond acceptors (Lipinski definition) is 5. The summed E-state index contributed by atoms with van der Waals surface area (Å²) in [6.45, 7) is 0.00406. The topological polar surface area (TPSA) is 116 Å². The predicted octanol–water partition coefficient (Wildman–Crippen LogP) is 0.842. The second kappa shape index (κ2) is 7.24. The van der Waals surface area contributed by atoms with Gasteiger partial charge in [0, 0.05) is 12.1 Å². The van der Waals surface area contributed by atoms with Crippen LogP contribution in [0.25, 0.3) is 0 Å². The van der Waals surface area contributed by atoms with Crippen LogP contribution in [0.4, 0.5) is 0 Å². The number of benzene rings is 2. The third-order valence-corrected chi connectivity index (χ3v) is 4.15. The fourth-order valence-corrected chi connectivity index (χ4v) is 2.55. The molecule has 0 aliphatic heterocycles. The van der Waals surface area contributed by atoms with Crippen molar-refractivity contribution in [2.24, 2.45) is 5.14 Å². The van der Waals surface area contributed by atoms with Crippen molar-refractivity contribution in [2.45, 2.75) is 11.4 Å². The molecular weight excluding hydrogens is 332 g/mol. The Morgan fingerprint density at radius 1 is 1.12 bits per heavy atom. The highest BCUT2D eigenvalue weighted by atomic mass is 32.2. The van der Waals surface area contributed by atoms with Crippen molar-refractivity contribution in [1.82, 2.24) is 5.32 Å². The number of carbonyl (C=O) groups is 2. The number of ether oxygens (including phenoxy) is 1. The average Bonchev–Trinajstić information content (AvgIpc) is 2.58. The van der Waals surface area contributed by atoms with Gasteiger partial charge in [-0.2, -0.15) is 0 Å². The van der Waals surface area contributed by atoms with Gasteiger partial charge in [0.15, 0.2) is 0 Å². The standard InChI is InChI=1S/C16H16N2O5S/c1-23-13-7-5-12(6-8-13)15(19)16(20)18-10-11-3-2-4-14(9-11)24(17,21)22/h2-9H,10H2,1H3,(H,18,20)(H2,17,21,22). The minimum absolute atomic E-state index is 0.00406. The Hall–Kier alpha value is -2.71. The number of ketones is 1. The fraction of sp³-hybridized carbons (Fsp3) is 0.125. The van der Waals surface area contributed by atoms with Gasteiger partial charge in [-0.15, -0.1) is 0 Å². The van der Waals surface area contributed by atoms with E-state index in [1.807, 2.05) is 0 Å². The third kappa shape index (κ3) is 4.40. The number of methoxy groups -OCH3 is 1. The summed E-state index contributed by atoms with van der Waals surface area (Å²) < 4.78 is 27.6. The Bertz CT molecular complexity index is 860. The van der Waals surface area contributed by atoms with Gasteiger partial charge in [0.1, 0.15) is 5.75 Å². The first-order chi connectivity index (χ1) is 11.3. The Balaban J connectivity index is 2.03. The number of nitrogens with one attached hydrogen (secondary N) is 1. The molecular formula is C16H16N2O5S. The first-order valence-corrected chi connectivity index (χ1v) is 8.44. The lowest BCUT2D eigenvalue weighted by atomic mass is 10.1. The molecule has 0 saturated heterocycles. The number of Topliss-reactive ketones (excluding diaryl/α,β-unsaturated/α-hetero) is 1. The highest BCUT2D eigenvalue weighted by molar-refractivity contribution is 7.89. The first kappa shape index (κ1) is 17.6. The molecule has 2 aromatic rings. The van der Waals surface area contributed by atoms with Crippen LogP contribution in [0.15, 0.2) is 53.4 Å². The van der Waals surface area contributed by atoms with Gasteiger partial charge in [0.05, 0.1) is 12.0 Å². The summed E-state index contributed by atoms with van der Waals surface area (Å²) >= 11 is 0. The van der Waals surface area contributed by atoms with Crippen molar-refractivity contribution >= 4 is 21.7 Å². The molecule has 0 aliphatic rings. The summed E-state index contributed by atoms with van der Waals surface area (Å²) in [7, 11) is -2.32. The van der Waals surface area contributed by atoms with Gasteiger partial charge < -0.3 is 10.1 Å². The monoisotopic (exact) mass is 348 g/mol.